The largest absolute Gasteiger partial charge is 0.463 e. The number of aromatic nitrogens is 1. The zero-order valence-corrected chi connectivity index (χ0v) is 24.7. The van der Waals surface area contributed by atoms with Crippen LogP contribution in [-0.2, 0) is 20.9 Å². The second-order valence-corrected chi connectivity index (χ2v) is 11.4. The zero-order chi connectivity index (χ0) is 30.2. The number of nitrogens with zero attached hydrogens (tertiary/aromatic N) is 3. The maximum absolute atomic E-state index is 14.5. The van der Waals surface area contributed by atoms with Crippen molar-refractivity contribution in [3.63, 3.8) is 0 Å². The molecule has 5 aromatic rings. The Kier molecular flexibility index (Phi) is 7.12. The third-order valence-corrected chi connectivity index (χ3v) is 8.85. The molecule has 0 aliphatic carbocycles. The van der Waals surface area contributed by atoms with E-state index in [0.29, 0.717) is 28.2 Å². The second-order valence-electron chi connectivity index (χ2n) is 10.4. The number of carbonyl (C=O) groups is 2. The van der Waals surface area contributed by atoms with E-state index in [1.165, 1.54) is 15.9 Å². The van der Waals surface area contributed by atoms with Crippen LogP contribution < -0.4 is 19.8 Å². The molecule has 0 fully saturated rings. The van der Waals surface area contributed by atoms with Crippen LogP contribution in [-0.4, -0.2) is 23.1 Å². The van der Waals surface area contributed by atoms with Crippen LogP contribution in [0.1, 0.15) is 35.2 Å². The minimum atomic E-state index is -0.803. The average molecular weight is 598 g/mol. The van der Waals surface area contributed by atoms with Crippen LogP contribution >= 0.6 is 11.3 Å². The number of anilines is 1. The molecule has 3 heterocycles. The van der Waals surface area contributed by atoms with Gasteiger partial charge in [0.05, 0.1) is 41.7 Å². The van der Waals surface area contributed by atoms with E-state index < -0.39 is 12.0 Å². The maximum atomic E-state index is 14.5. The van der Waals surface area contributed by atoms with E-state index in [4.69, 9.17) is 9.73 Å². The summed E-state index contributed by atoms with van der Waals surface area (Å²) in [6.07, 6.45) is 0. The summed E-state index contributed by atoms with van der Waals surface area (Å²) in [7, 11) is 0. The molecule has 0 spiro atoms. The number of carbonyl (C=O) groups excluding carboxylic acids is 2. The highest BCUT2D eigenvalue weighted by Gasteiger charge is 2.38. The molecule has 7 nitrogen and oxygen atoms in total. The van der Waals surface area contributed by atoms with E-state index in [1.807, 2.05) is 115 Å². The maximum Gasteiger partial charge on any atom is 0.338 e. The van der Waals surface area contributed by atoms with Crippen LogP contribution in [0.25, 0.3) is 11.3 Å². The monoisotopic (exact) mass is 597 g/mol. The van der Waals surface area contributed by atoms with E-state index in [2.05, 4.69) is 0 Å². The SMILES string of the molecule is CCOC(=O)C1=C(c2ccccc2)N=c2s/c(=C3\C(=O)N(Cc4ccccc4)c4ccccc43)c(=O)n2[C@@H]1c1ccccc1. The van der Waals surface area contributed by atoms with Crippen molar-refractivity contribution < 1.29 is 14.3 Å². The van der Waals surface area contributed by atoms with Crippen LogP contribution in [0.4, 0.5) is 5.69 Å². The summed E-state index contributed by atoms with van der Waals surface area (Å²) in [5, 5.41) is 0. The molecule has 7 rings (SSSR count). The van der Waals surface area contributed by atoms with Gasteiger partial charge in [-0.1, -0.05) is 121 Å². The summed E-state index contributed by atoms with van der Waals surface area (Å²) in [6, 6.07) is 35.3. The topological polar surface area (TPSA) is 81.0 Å². The lowest BCUT2D eigenvalue weighted by Crippen LogP contribution is -2.41. The first-order valence-electron chi connectivity index (χ1n) is 14.4. The Morgan fingerprint density at radius 1 is 0.841 bits per heavy atom. The van der Waals surface area contributed by atoms with Crippen molar-refractivity contribution in [1.29, 1.82) is 0 Å². The first-order chi connectivity index (χ1) is 21.6. The van der Waals surface area contributed by atoms with Crippen molar-refractivity contribution in [2.45, 2.75) is 19.5 Å². The normalized spacial score (nSPS) is 16.8. The highest BCUT2D eigenvalue weighted by Crippen LogP contribution is 2.37. The molecular formula is C36H27N3O4S. The van der Waals surface area contributed by atoms with Crippen molar-refractivity contribution >= 4 is 40.2 Å². The van der Waals surface area contributed by atoms with E-state index in [0.717, 1.165) is 22.4 Å². The minimum absolute atomic E-state index is 0.170. The van der Waals surface area contributed by atoms with Gasteiger partial charge in [-0.2, -0.15) is 0 Å². The Morgan fingerprint density at radius 3 is 2.18 bits per heavy atom. The molecule has 0 saturated heterocycles. The van der Waals surface area contributed by atoms with Gasteiger partial charge in [0.25, 0.3) is 11.5 Å². The first kappa shape index (κ1) is 27.5. The molecular weight excluding hydrogens is 570 g/mol. The summed E-state index contributed by atoms with van der Waals surface area (Å²) < 4.78 is 7.37. The predicted molar refractivity (Wildman–Crippen MR) is 171 cm³/mol. The van der Waals surface area contributed by atoms with Gasteiger partial charge in [0, 0.05) is 11.1 Å². The number of thiazole rings is 1. The molecule has 1 amide bonds. The van der Waals surface area contributed by atoms with E-state index in [-0.39, 0.29) is 28.2 Å². The molecule has 4 aromatic carbocycles. The van der Waals surface area contributed by atoms with Crippen molar-refractivity contribution in [2.75, 3.05) is 11.5 Å². The van der Waals surface area contributed by atoms with Crippen LogP contribution in [0.15, 0.2) is 131 Å². The van der Waals surface area contributed by atoms with Gasteiger partial charge >= 0.3 is 5.97 Å². The number of fused-ring (bicyclic) bond motifs is 2. The van der Waals surface area contributed by atoms with Crippen molar-refractivity contribution in [1.82, 2.24) is 4.57 Å². The smallest absolute Gasteiger partial charge is 0.338 e. The molecule has 0 saturated carbocycles. The quantitative estimate of drug-likeness (QED) is 0.262. The molecule has 1 atom stereocenters. The lowest BCUT2D eigenvalue weighted by Gasteiger charge is -2.25. The lowest BCUT2D eigenvalue weighted by atomic mass is 9.93. The van der Waals surface area contributed by atoms with E-state index in [1.54, 1.807) is 11.8 Å². The predicted octanol–water partition coefficient (Wildman–Crippen LogP) is 4.85. The van der Waals surface area contributed by atoms with Gasteiger partial charge in [0.15, 0.2) is 4.80 Å². The van der Waals surface area contributed by atoms with Gasteiger partial charge in [0.2, 0.25) is 0 Å². The molecule has 0 N–H and O–H groups in total. The molecule has 0 radical (unpaired) electrons. The van der Waals surface area contributed by atoms with Crippen LogP contribution in [0, 0.1) is 0 Å². The van der Waals surface area contributed by atoms with Crippen molar-refractivity contribution in [3.8, 4) is 0 Å². The summed E-state index contributed by atoms with van der Waals surface area (Å²) in [4.78, 5) is 49.4. The van der Waals surface area contributed by atoms with E-state index in [9.17, 15) is 14.4 Å². The molecule has 2 aliphatic rings. The second kappa shape index (κ2) is 11.4. The number of hydrogen-bond acceptors (Lipinski definition) is 6. The third kappa shape index (κ3) is 4.60. The van der Waals surface area contributed by atoms with Gasteiger partial charge in [0.1, 0.15) is 4.53 Å². The lowest BCUT2D eigenvalue weighted by molar-refractivity contribution is -0.138. The number of esters is 1. The fourth-order valence-electron chi connectivity index (χ4n) is 5.86. The standard InChI is InChI=1S/C36H27N3O4S/c1-2-43-35(42)29-30(24-16-8-4-9-17-24)37-36-39(31(29)25-18-10-5-11-19-25)34(41)32(44-36)28-26-20-12-13-21-27(26)38(33(28)40)22-23-14-6-3-7-15-23/h3-21,31H,2,22H2,1H3/b32-28-/t31-/m1/s1. The molecule has 44 heavy (non-hydrogen) atoms. The summed E-state index contributed by atoms with van der Waals surface area (Å²) in [6.45, 7) is 2.29. The van der Waals surface area contributed by atoms with Crippen molar-refractivity contribution in [3.05, 3.63) is 163 Å². The number of ether oxygens (including phenoxy) is 1. The van der Waals surface area contributed by atoms with Gasteiger partial charge in [-0.15, -0.1) is 0 Å². The molecule has 8 heteroatoms. The summed E-state index contributed by atoms with van der Waals surface area (Å²) >= 11 is 1.17. The van der Waals surface area contributed by atoms with Gasteiger partial charge in [-0.3, -0.25) is 14.2 Å². The number of para-hydroxylation sites is 1. The van der Waals surface area contributed by atoms with Gasteiger partial charge in [-0.25, -0.2) is 9.79 Å². The third-order valence-electron chi connectivity index (χ3n) is 7.80. The highest BCUT2D eigenvalue weighted by molar-refractivity contribution is 7.07. The molecule has 2 aliphatic heterocycles. The van der Waals surface area contributed by atoms with Crippen LogP contribution in [0.3, 0.4) is 0 Å². The Labute approximate surface area is 257 Å². The molecule has 0 unspecified atom stereocenters. The molecule has 216 valence electrons. The summed E-state index contributed by atoms with van der Waals surface area (Å²) in [5.74, 6) is -0.789. The van der Waals surface area contributed by atoms with E-state index >= 15 is 0 Å². The van der Waals surface area contributed by atoms with Crippen LogP contribution in [0.5, 0.6) is 0 Å². The number of hydrogen-bond donors (Lipinski definition) is 0. The average Bonchev–Trinajstić information content (AvgIpc) is 3.53. The van der Waals surface area contributed by atoms with Crippen LogP contribution in [0.2, 0.25) is 0 Å². The first-order valence-corrected chi connectivity index (χ1v) is 15.2. The number of rotatable bonds is 6. The molecule has 0 bridgehead atoms. The Morgan fingerprint density at radius 2 is 1.48 bits per heavy atom. The Balaban J connectivity index is 1.51. The Hall–Kier alpha value is -5.34. The van der Waals surface area contributed by atoms with Gasteiger partial charge in [-0.05, 0) is 24.1 Å². The number of amides is 1. The number of benzene rings is 4. The van der Waals surface area contributed by atoms with Crippen molar-refractivity contribution in [2.24, 2.45) is 4.99 Å². The Bertz CT molecular complexity index is 2120. The highest BCUT2D eigenvalue weighted by atomic mass is 32.1. The minimum Gasteiger partial charge on any atom is -0.463 e. The summed E-state index contributed by atoms with van der Waals surface area (Å²) in [5.41, 5.74) is 4.58. The fourth-order valence-corrected chi connectivity index (χ4v) is 6.96. The zero-order valence-electron chi connectivity index (χ0n) is 23.8. The van der Waals surface area contributed by atoms with Gasteiger partial charge < -0.3 is 9.64 Å². The fraction of sp³-hybridized carbons (Fsp3) is 0.111. The molecule has 1 aromatic heterocycles.